The van der Waals surface area contributed by atoms with E-state index in [1.807, 2.05) is 47.8 Å². The molecule has 0 atom stereocenters. The van der Waals surface area contributed by atoms with Gasteiger partial charge in [0.05, 0.1) is 0 Å². The van der Waals surface area contributed by atoms with E-state index in [9.17, 15) is 4.79 Å². The largest absolute Gasteiger partial charge is 0.486 e. The molecule has 170 valence electrons. The minimum absolute atomic E-state index is 0.110. The Morgan fingerprint density at radius 3 is 2.42 bits per heavy atom. The molecular formula is C26H25Cl2N3O2. The van der Waals surface area contributed by atoms with Gasteiger partial charge in [-0.2, -0.15) is 0 Å². The molecule has 4 aromatic rings. The van der Waals surface area contributed by atoms with E-state index in [1.165, 1.54) is 5.56 Å². The van der Waals surface area contributed by atoms with E-state index in [0.29, 0.717) is 28.8 Å². The summed E-state index contributed by atoms with van der Waals surface area (Å²) in [4.78, 5) is 13.3. The van der Waals surface area contributed by atoms with Crippen molar-refractivity contribution >= 4 is 34.6 Å². The first kappa shape index (κ1) is 22.1. The maximum atomic E-state index is 13.3. The molecule has 2 aromatic heterocycles. The first-order valence-electron chi connectivity index (χ1n) is 11.4. The Labute approximate surface area is 202 Å². The zero-order valence-corrected chi connectivity index (χ0v) is 20.0. The summed E-state index contributed by atoms with van der Waals surface area (Å²) in [5, 5.41) is 6.26. The van der Waals surface area contributed by atoms with Crippen LogP contribution in [0.3, 0.4) is 0 Å². The summed E-state index contributed by atoms with van der Waals surface area (Å²) in [5.74, 6) is 1.66. The summed E-state index contributed by atoms with van der Waals surface area (Å²) in [6.07, 6.45) is 4.28. The molecule has 7 heteroatoms. The highest BCUT2D eigenvalue weighted by atomic mass is 35.5. The van der Waals surface area contributed by atoms with Gasteiger partial charge in [-0.1, -0.05) is 42.3 Å². The molecule has 5 nitrogen and oxygen atoms in total. The molecule has 2 aromatic carbocycles. The van der Waals surface area contributed by atoms with Crippen LogP contribution in [-0.4, -0.2) is 20.0 Å². The molecule has 5 rings (SSSR count). The van der Waals surface area contributed by atoms with Crippen LogP contribution in [0.15, 0.2) is 48.5 Å². The van der Waals surface area contributed by atoms with Crippen LogP contribution >= 0.6 is 23.2 Å². The summed E-state index contributed by atoms with van der Waals surface area (Å²) >= 11 is 12.1. The van der Waals surface area contributed by atoms with Gasteiger partial charge in [0.25, 0.3) is 0 Å². The summed E-state index contributed by atoms with van der Waals surface area (Å²) in [7, 11) is 0. The predicted molar refractivity (Wildman–Crippen MR) is 132 cm³/mol. The molecule has 0 fully saturated rings. The lowest BCUT2D eigenvalue weighted by molar-refractivity contribution is 0.0975. The van der Waals surface area contributed by atoms with Crippen molar-refractivity contribution in [1.29, 1.82) is 0 Å². The van der Waals surface area contributed by atoms with Crippen molar-refractivity contribution in [2.45, 2.75) is 52.2 Å². The molecule has 0 unspecified atom stereocenters. The number of carbonyl (C=O) groups excluding carboxylic acids is 1. The fourth-order valence-electron chi connectivity index (χ4n) is 4.62. The van der Waals surface area contributed by atoms with Gasteiger partial charge in [-0.05, 0) is 67.6 Å². The van der Waals surface area contributed by atoms with Crippen LogP contribution in [0.2, 0.25) is 10.0 Å². The van der Waals surface area contributed by atoms with Crippen LogP contribution in [0.1, 0.15) is 54.5 Å². The number of hydrogen-bond donors (Lipinski definition) is 0. The van der Waals surface area contributed by atoms with Crippen LogP contribution < -0.4 is 4.74 Å². The highest BCUT2D eigenvalue weighted by Crippen LogP contribution is 2.38. The van der Waals surface area contributed by atoms with Gasteiger partial charge in [-0.15, -0.1) is 5.10 Å². The first-order chi connectivity index (χ1) is 16.1. The van der Waals surface area contributed by atoms with Crippen LogP contribution in [0.5, 0.6) is 5.75 Å². The number of halogens is 2. The number of Topliss-reactive ketones (excluding diaryl/α,β-unsaturated/α-hetero) is 1. The minimum atomic E-state index is 0.110. The summed E-state index contributed by atoms with van der Waals surface area (Å²) in [6.45, 7) is 3.19. The standard InChI is InChI=1S/C26H25Cl2N3O2/c1-2-5-22(32)25-24(17-7-9-18(27)10-8-17)21-6-3-4-15-30-23(29-31(25)26(21)30)16-33-20-13-11-19(28)12-14-20/h7-14H,2-6,15-16H2,1H3. The van der Waals surface area contributed by atoms with E-state index < -0.39 is 0 Å². The van der Waals surface area contributed by atoms with Crippen molar-refractivity contribution in [3.8, 4) is 16.9 Å². The number of nitrogens with zero attached hydrogens (tertiary/aromatic N) is 3. The number of benzene rings is 2. The van der Waals surface area contributed by atoms with Gasteiger partial charge in [-0.25, -0.2) is 4.52 Å². The molecule has 1 aliphatic heterocycles. The van der Waals surface area contributed by atoms with E-state index in [2.05, 4.69) is 4.57 Å². The highest BCUT2D eigenvalue weighted by Gasteiger charge is 2.30. The van der Waals surface area contributed by atoms with E-state index in [4.69, 9.17) is 33.0 Å². The van der Waals surface area contributed by atoms with Gasteiger partial charge in [0, 0.05) is 34.1 Å². The van der Waals surface area contributed by atoms with E-state index >= 15 is 0 Å². The van der Waals surface area contributed by atoms with Crippen LogP contribution in [0.25, 0.3) is 16.8 Å². The second-order valence-corrected chi connectivity index (χ2v) is 9.26. The second kappa shape index (κ2) is 9.24. The number of aryl methyl sites for hydroxylation is 2. The van der Waals surface area contributed by atoms with Gasteiger partial charge < -0.3 is 9.30 Å². The normalized spacial score (nSPS) is 13.3. The second-order valence-electron chi connectivity index (χ2n) is 8.39. The van der Waals surface area contributed by atoms with E-state index in [-0.39, 0.29) is 5.78 Å². The molecule has 0 amide bonds. The Bertz CT molecular complexity index is 1300. The number of ether oxygens (including phenoxy) is 1. The summed E-state index contributed by atoms with van der Waals surface area (Å²) in [6, 6.07) is 15.1. The average molecular weight is 482 g/mol. The molecule has 0 saturated carbocycles. The van der Waals surface area contributed by atoms with Crippen LogP contribution in [0, 0.1) is 0 Å². The summed E-state index contributed by atoms with van der Waals surface area (Å²) in [5.41, 5.74) is 4.85. The average Bonchev–Trinajstić information content (AvgIpc) is 3.21. The number of aromatic nitrogens is 3. The zero-order valence-electron chi connectivity index (χ0n) is 18.5. The molecule has 0 radical (unpaired) electrons. The van der Waals surface area contributed by atoms with Crippen molar-refractivity contribution in [3.05, 3.63) is 75.7 Å². The molecule has 0 spiro atoms. The lowest BCUT2D eigenvalue weighted by Gasteiger charge is -2.09. The van der Waals surface area contributed by atoms with Gasteiger partial charge in [0.15, 0.2) is 11.6 Å². The fraction of sp³-hybridized carbons (Fsp3) is 0.308. The topological polar surface area (TPSA) is 48.5 Å². The lowest BCUT2D eigenvalue weighted by Crippen LogP contribution is -2.08. The molecule has 0 bridgehead atoms. The van der Waals surface area contributed by atoms with Gasteiger partial charge in [-0.3, -0.25) is 4.79 Å². The Morgan fingerprint density at radius 1 is 1.03 bits per heavy atom. The zero-order chi connectivity index (χ0) is 22.9. The maximum absolute atomic E-state index is 13.3. The van der Waals surface area contributed by atoms with Gasteiger partial charge in [0.1, 0.15) is 23.7 Å². The minimum Gasteiger partial charge on any atom is -0.486 e. The van der Waals surface area contributed by atoms with E-state index in [1.54, 1.807) is 12.1 Å². The van der Waals surface area contributed by atoms with Crippen molar-refractivity contribution in [1.82, 2.24) is 14.2 Å². The highest BCUT2D eigenvalue weighted by molar-refractivity contribution is 6.30. The van der Waals surface area contributed by atoms with Crippen molar-refractivity contribution < 1.29 is 9.53 Å². The van der Waals surface area contributed by atoms with Crippen LogP contribution in [0.4, 0.5) is 0 Å². The fourth-order valence-corrected chi connectivity index (χ4v) is 4.87. The molecule has 0 saturated heterocycles. The number of rotatable bonds is 7. The molecule has 33 heavy (non-hydrogen) atoms. The van der Waals surface area contributed by atoms with Crippen molar-refractivity contribution in [2.75, 3.05) is 0 Å². The Kier molecular flexibility index (Phi) is 6.17. The molecule has 1 aliphatic rings. The quantitative estimate of drug-likeness (QED) is 0.266. The predicted octanol–water partition coefficient (Wildman–Crippen LogP) is 7.01. The van der Waals surface area contributed by atoms with Crippen molar-refractivity contribution in [2.24, 2.45) is 0 Å². The number of hydrogen-bond acceptors (Lipinski definition) is 3. The van der Waals surface area contributed by atoms with Crippen molar-refractivity contribution in [3.63, 3.8) is 0 Å². The van der Waals surface area contributed by atoms with Gasteiger partial charge in [0.2, 0.25) is 0 Å². The SMILES string of the molecule is CCCC(=O)c1c(-c2ccc(Cl)cc2)c2c3n(c(COc4ccc(Cl)cc4)nn13)CCCC2. The van der Waals surface area contributed by atoms with Crippen LogP contribution in [-0.2, 0) is 19.6 Å². The number of ketones is 1. The third-order valence-corrected chi connectivity index (χ3v) is 6.62. The lowest BCUT2D eigenvalue weighted by atomic mass is 9.96. The Morgan fingerprint density at radius 2 is 1.73 bits per heavy atom. The van der Waals surface area contributed by atoms with Gasteiger partial charge >= 0.3 is 0 Å². The number of carbonyl (C=O) groups is 1. The molecule has 0 aliphatic carbocycles. The Balaban J connectivity index is 1.65. The molecule has 3 heterocycles. The third-order valence-electron chi connectivity index (χ3n) is 6.12. The monoisotopic (exact) mass is 481 g/mol. The molecular weight excluding hydrogens is 457 g/mol. The first-order valence-corrected chi connectivity index (χ1v) is 12.1. The molecule has 0 N–H and O–H groups in total. The summed E-state index contributed by atoms with van der Waals surface area (Å²) < 4.78 is 10.1. The third kappa shape index (κ3) is 4.16. The maximum Gasteiger partial charge on any atom is 0.181 e. The smallest absolute Gasteiger partial charge is 0.181 e. The Hall–Kier alpha value is -2.76. The van der Waals surface area contributed by atoms with E-state index in [0.717, 1.165) is 60.6 Å².